The number of benzene rings is 2. The Morgan fingerprint density at radius 1 is 0.912 bits per heavy atom. The second-order valence-corrected chi connectivity index (χ2v) is 10.2. The van der Waals surface area contributed by atoms with Crippen LogP contribution in [0.5, 0.6) is 0 Å². The zero-order valence-corrected chi connectivity index (χ0v) is 19.3. The van der Waals surface area contributed by atoms with Gasteiger partial charge in [0.25, 0.3) is 5.91 Å². The summed E-state index contributed by atoms with van der Waals surface area (Å²) in [6.07, 6.45) is -4.53. The van der Waals surface area contributed by atoms with Crippen molar-refractivity contribution in [1.29, 1.82) is 0 Å². The highest BCUT2D eigenvalue weighted by Crippen LogP contribution is 2.30. The molecule has 1 amide bonds. The summed E-state index contributed by atoms with van der Waals surface area (Å²) >= 11 is 0. The third-order valence-corrected chi connectivity index (χ3v) is 7.94. The summed E-state index contributed by atoms with van der Waals surface area (Å²) in [4.78, 5) is 16.7. The first-order valence-electron chi connectivity index (χ1n) is 11.0. The summed E-state index contributed by atoms with van der Waals surface area (Å²) in [7, 11) is -3.95. The van der Waals surface area contributed by atoms with Crippen LogP contribution in [-0.4, -0.2) is 80.9 Å². The van der Waals surface area contributed by atoms with Gasteiger partial charge in [-0.25, -0.2) is 8.42 Å². The molecule has 0 radical (unpaired) electrons. The van der Waals surface area contributed by atoms with E-state index in [4.69, 9.17) is 4.74 Å². The van der Waals surface area contributed by atoms with Crippen molar-refractivity contribution in [3.63, 3.8) is 0 Å². The molecule has 7 nitrogen and oxygen atoms in total. The van der Waals surface area contributed by atoms with E-state index < -0.39 is 21.8 Å². The molecule has 34 heavy (non-hydrogen) atoms. The van der Waals surface area contributed by atoms with Crippen molar-refractivity contribution in [2.75, 3.05) is 52.5 Å². The average Bonchev–Trinajstić information content (AvgIpc) is 2.84. The van der Waals surface area contributed by atoms with Gasteiger partial charge in [-0.3, -0.25) is 9.69 Å². The topological polar surface area (TPSA) is 70.2 Å². The minimum atomic E-state index is -4.53. The molecule has 2 aromatic carbocycles. The number of piperazine rings is 1. The van der Waals surface area contributed by atoms with Gasteiger partial charge in [-0.05, 0) is 42.0 Å². The number of carbonyl (C=O) groups is 1. The Balaban J connectivity index is 1.37. The quantitative estimate of drug-likeness (QED) is 0.636. The van der Waals surface area contributed by atoms with Gasteiger partial charge in [0.1, 0.15) is 0 Å². The van der Waals surface area contributed by atoms with E-state index >= 15 is 0 Å². The van der Waals surface area contributed by atoms with Gasteiger partial charge in [0.15, 0.2) is 0 Å². The SMILES string of the molecule is O=C(c1cccc(CN2CCOCC2)c1)N1CCN(S(=O)(=O)c2ccc(C(F)(F)F)cc2)CC1. The lowest BCUT2D eigenvalue weighted by atomic mass is 10.1. The summed E-state index contributed by atoms with van der Waals surface area (Å²) in [6, 6.07) is 10.9. The first-order chi connectivity index (χ1) is 16.1. The molecular formula is C23H26F3N3O4S. The molecule has 0 atom stereocenters. The lowest BCUT2D eigenvalue weighted by molar-refractivity contribution is -0.137. The summed E-state index contributed by atoms with van der Waals surface area (Å²) in [5.74, 6) is -0.171. The average molecular weight is 498 g/mol. The minimum absolute atomic E-state index is 0.0720. The Morgan fingerprint density at radius 2 is 1.56 bits per heavy atom. The number of sulfonamides is 1. The molecule has 0 unspecified atom stereocenters. The second-order valence-electron chi connectivity index (χ2n) is 8.31. The van der Waals surface area contributed by atoms with Crippen LogP contribution < -0.4 is 0 Å². The van der Waals surface area contributed by atoms with Crippen molar-refractivity contribution < 1.29 is 31.1 Å². The largest absolute Gasteiger partial charge is 0.416 e. The zero-order valence-electron chi connectivity index (χ0n) is 18.5. The Morgan fingerprint density at radius 3 is 2.18 bits per heavy atom. The van der Waals surface area contributed by atoms with Crippen LogP contribution in [0.2, 0.25) is 0 Å². The van der Waals surface area contributed by atoms with Gasteiger partial charge in [-0.2, -0.15) is 17.5 Å². The van der Waals surface area contributed by atoms with E-state index in [9.17, 15) is 26.4 Å². The van der Waals surface area contributed by atoms with Gasteiger partial charge >= 0.3 is 6.18 Å². The summed E-state index contributed by atoms with van der Waals surface area (Å²) in [5.41, 5.74) is 0.666. The molecule has 2 aromatic rings. The number of halogens is 3. The van der Waals surface area contributed by atoms with E-state index in [0.717, 1.165) is 49.5 Å². The molecule has 0 aromatic heterocycles. The molecule has 4 rings (SSSR count). The monoisotopic (exact) mass is 497 g/mol. The van der Waals surface area contributed by atoms with Crippen molar-refractivity contribution in [1.82, 2.24) is 14.1 Å². The number of amides is 1. The lowest BCUT2D eigenvalue weighted by Gasteiger charge is -2.34. The Kier molecular flexibility index (Phi) is 7.27. The molecule has 2 fully saturated rings. The fourth-order valence-corrected chi connectivity index (χ4v) is 5.52. The molecule has 0 spiro atoms. The summed E-state index contributed by atoms with van der Waals surface area (Å²) in [6.45, 7) is 4.34. The maximum Gasteiger partial charge on any atom is 0.416 e. The summed E-state index contributed by atoms with van der Waals surface area (Å²) in [5, 5.41) is 0. The molecular weight excluding hydrogens is 471 g/mol. The van der Waals surface area contributed by atoms with Crippen LogP contribution in [0.1, 0.15) is 21.5 Å². The molecule has 2 aliphatic rings. The molecule has 2 heterocycles. The number of hydrogen-bond donors (Lipinski definition) is 0. The van der Waals surface area contributed by atoms with Gasteiger partial charge in [-0.15, -0.1) is 0 Å². The third-order valence-electron chi connectivity index (χ3n) is 6.03. The maximum atomic E-state index is 13.0. The highest BCUT2D eigenvalue weighted by molar-refractivity contribution is 7.89. The Hall–Kier alpha value is -2.47. The minimum Gasteiger partial charge on any atom is -0.379 e. The maximum absolute atomic E-state index is 13.0. The predicted octanol–water partition coefficient (Wildman–Crippen LogP) is 2.68. The molecule has 2 aliphatic heterocycles. The fraction of sp³-hybridized carbons (Fsp3) is 0.435. The van der Waals surface area contributed by atoms with Crippen LogP contribution >= 0.6 is 0 Å². The van der Waals surface area contributed by atoms with Crippen LogP contribution in [0.4, 0.5) is 13.2 Å². The van der Waals surface area contributed by atoms with Gasteiger partial charge in [0.05, 0.1) is 23.7 Å². The zero-order chi connectivity index (χ0) is 24.3. The molecule has 0 bridgehead atoms. The van der Waals surface area contributed by atoms with Crippen LogP contribution in [0, 0.1) is 0 Å². The fourth-order valence-electron chi connectivity index (χ4n) is 4.10. The standard InChI is InChI=1S/C23H26F3N3O4S/c24-23(25,26)20-4-6-21(7-5-20)34(31,32)29-10-8-28(9-11-29)22(30)19-3-1-2-18(16-19)17-27-12-14-33-15-13-27/h1-7,16H,8-15,17H2. The van der Waals surface area contributed by atoms with Crippen LogP contribution in [0.25, 0.3) is 0 Å². The van der Waals surface area contributed by atoms with Gasteiger partial charge in [-0.1, -0.05) is 12.1 Å². The van der Waals surface area contributed by atoms with Crippen molar-refractivity contribution in [2.45, 2.75) is 17.6 Å². The highest BCUT2D eigenvalue weighted by atomic mass is 32.2. The number of hydrogen-bond acceptors (Lipinski definition) is 5. The number of rotatable bonds is 5. The molecule has 184 valence electrons. The van der Waals surface area contributed by atoms with Gasteiger partial charge < -0.3 is 9.64 Å². The van der Waals surface area contributed by atoms with E-state index in [-0.39, 0.29) is 37.0 Å². The van der Waals surface area contributed by atoms with E-state index in [1.54, 1.807) is 11.0 Å². The normalized spacial score (nSPS) is 18.7. The van der Waals surface area contributed by atoms with E-state index in [1.165, 1.54) is 4.31 Å². The molecule has 11 heteroatoms. The van der Waals surface area contributed by atoms with Crippen LogP contribution in [0.3, 0.4) is 0 Å². The predicted molar refractivity (Wildman–Crippen MR) is 119 cm³/mol. The molecule has 0 N–H and O–H groups in total. The number of carbonyl (C=O) groups excluding carboxylic acids is 1. The van der Waals surface area contributed by atoms with Gasteiger partial charge in [0.2, 0.25) is 10.0 Å². The third kappa shape index (κ3) is 5.60. The molecule has 0 aliphatic carbocycles. The second kappa shape index (κ2) is 10.0. The van der Waals surface area contributed by atoms with Crippen LogP contribution in [0.15, 0.2) is 53.4 Å². The van der Waals surface area contributed by atoms with E-state index in [1.807, 2.05) is 18.2 Å². The number of ether oxygens (including phenoxy) is 1. The van der Waals surface area contributed by atoms with E-state index in [2.05, 4.69) is 4.90 Å². The Labute approximate surface area is 196 Å². The van der Waals surface area contributed by atoms with E-state index in [0.29, 0.717) is 18.8 Å². The van der Waals surface area contributed by atoms with Crippen LogP contribution in [-0.2, 0) is 27.5 Å². The first kappa shape index (κ1) is 24.6. The summed E-state index contributed by atoms with van der Waals surface area (Å²) < 4.78 is 70.6. The van der Waals surface area contributed by atoms with Crippen molar-refractivity contribution in [3.8, 4) is 0 Å². The highest BCUT2D eigenvalue weighted by Gasteiger charge is 2.33. The van der Waals surface area contributed by atoms with Crippen molar-refractivity contribution in [3.05, 3.63) is 65.2 Å². The lowest BCUT2D eigenvalue weighted by Crippen LogP contribution is -2.50. The number of alkyl halides is 3. The first-order valence-corrected chi connectivity index (χ1v) is 12.4. The smallest absolute Gasteiger partial charge is 0.379 e. The van der Waals surface area contributed by atoms with Crippen molar-refractivity contribution >= 4 is 15.9 Å². The number of nitrogens with zero attached hydrogens (tertiary/aromatic N) is 3. The van der Waals surface area contributed by atoms with Crippen molar-refractivity contribution in [2.24, 2.45) is 0 Å². The number of morpholine rings is 1. The molecule has 0 saturated carbocycles. The van der Waals surface area contributed by atoms with Gasteiger partial charge in [0, 0.05) is 51.4 Å². The molecule has 2 saturated heterocycles. The Bertz CT molecular complexity index is 1110.